The molecular weight excluding hydrogens is 386 g/mol. The van der Waals surface area contributed by atoms with Gasteiger partial charge in [0, 0.05) is 22.8 Å². The van der Waals surface area contributed by atoms with Gasteiger partial charge in [0.2, 0.25) is 0 Å². The average Bonchev–Trinajstić information content (AvgIpc) is 2.97. The Bertz CT molecular complexity index is 865. The van der Waals surface area contributed by atoms with Gasteiger partial charge in [-0.2, -0.15) is 0 Å². The number of aryl methyl sites for hydroxylation is 3. The number of nitrogens with zero attached hydrogens (tertiary/aromatic N) is 2. The first-order chi connectivity index (χ1) is 11.6. The Labute approximate surface area is 153 Å². The summed E-state index contributed by atoms with van der Waals surface area (Å²) in [6.45, 7) is 0. The highest BCUT2D eigenvalue weighted by Crippen LogP contribution is 2.32. The lowest BCUT2D eigenvalue weighted by Crippen LogP contribution is -2.16. The molecule has 0 aliphatic heterocycles. The molecule has 3 aromatic rings. The summed E-state index contributed by atoms with van der Waals surface area (Å²) >= 11 is 5.21. The van der Waals surface area contributed by atoms with Crippen molar-refractivity contribution in [1.29, 1.82) is 0 Å². The molecule has 0 atom stereocenters. The molecule has 0 radical (unpaired) electrons. The molecule has 1 aliphatic carbocycles. The van der Waals surface area contributed by atoms with Gasteiger partial charge in [0.25, 0.3) is 5.91 Å². The average molecular weight is 404 g/mol. The Balaban J connectivity index is 1.65. The first-order valence-electron chi connectivity index (χ1n) is 8.18. The smallest absolute Gasteiger partial charge is 0.275 e. The highest BCUT2D eigenvalue weighted by molar-refractivity contribution is 9.10. The number of rotatable bonds is 2. The summed E-state index contributed by atoms with van der Waals surface area (Å²) < 4.78 is 2.75. The fourth-order valence-corrected chi connectivity index (χ4v) is 5.16. The molecule has 0 bridgehead atoms. The predicted octanol–water partition coefficient (Wildman–Crippen LogP) is 4.92. The van der Waals surface area contributed by atoms with Gasteiger partial charge in [-0.05, 0) is 47.7 Å². The van der Waals surface area contributed by atoms with Crippen LogP contribution < -0.4 is 5.32 Å². The van der Waals surface area contributed by atoms with Crippen molar-refractivity contribution in [2.75, 3.05) is 5.32 Å². The number of aromatic nitrogens is 2. The molecule has 1 amide bonds. The maximum absolute atomic E-state index is 12.8. The van der Waals surface area contributed by atoms with Gasteiger partial charge in [0.15, 0.2) is 5.13 Å². The fourth-order valence-electron chi connectivity index (χ4n) is 3.34. The van der Waals surface area contributed by atoms with E-state index in [2.05, 4.69) is 26.2 Å². The molecule has 1 aromatic carbocycles. The van der Waals surface area contributed by atoms with E-state index in [1.54, 1.807) is 11.3 Å². The molecule has 1 N–H and O–H groups in total. The summed E-state index contributed by atoms with van der Waals surface area (Å²) in [5.74, 6) is -0.121. The SMILES string of the molecule is Cn1c(C(=O)Nc2nc3c(s2)CCCCC3)c(Br)c2ccccc21. The highest BCUT2D eigenvalue weighted by atomic mass is 79.9. The second-order valence-electron chi connectivity index (χ2n) is 6.14. The maximum Gasteiger partial charge on any atom is 0.275 e. The second kappa shape index (κ2) is 6.33. The van der Waals surface area contributed by atoms with Crippen LogP contribution in [0.4, 0.5) is 5.13 Å². The third kappa shape index (κ3) is 2.67. The first-order valence-corrected chi connectivity index (χ1v) is 9.79. The molecule has 0 fully saturated rings. The Morgan fingerprint density at radius 1 is 1.25 bits per heavy atom. The van der Waals surface area contributed by atoms with Crippen LogP contribution in [0.2, 0.25) is 0 Å². The van der Waals surface area contributed by atoms with Crippen molar-refractivity contribution in [3.8, 4) is 0 Å². The number of fused-ring (bicyclic) bond motifs is 2. The van der Waals surface area contributed by atoms with Crippen LogP contribution in [0.15, 0.2) is 28.7 Å². The topological polar surface area (TPSA) is 46.9 Å². The predicted molar refractivity (Wildman–Crippen MR) is 102 cm³/mol. The van der Waals surface area contributed by atoms with Crippen molar-refractivity contribution in [3.05, 3.63) is 45.0 Å². The molecule has 4 rings (SSSR count). The number of hydrogen-bond donors (Lipinski definition) is 1. The third-order valence-corrected chi connectivity index (χ3v) is 6.45. The lowest BCUT2D eigenvalue weighted by molar-refractivity contribution is 0.101. The van der Waals surface area contributed by atoms with E-state index in [-0.39, 0.29) is 5.91 Å². The van der Waals surface area contributed by atoms with Crippen molar-refractivity contribution in [1.82, 2.24) is 9.55 Å². The molecule has 2 aromatic heterocycles. The minimum atomic E-state index is -0.121. The van der Waals surface area contributed by atoms with Crippen molar-refractivity contribution in [3.63, 3.8) is 0 Å². The first kappa shape index (κ1) is 15.8. The van der Waals surface area contributed by atoms with Gasteiger partial charge in [-0.3, -0.25) is 10.1 Å². The zero-order valence-electron chi connectivity index (χ0n) is 13.4. The van der Waals surface area contributed by atoms with Crippen molar-refractivity contribution < 1.29 is 4.79 Å². The maximum atomic E-state index is 12.8. The number of nitrogens with one attached hydrogen (secondary N) is 1. The van der Waals surface area contributed by atoms with Crippen LogP contribution in [0, 0.1) is 0 Å². The number of para-hydroxylation sites is 1. The van der Waals surface area contributed by atoms with Gasteiger partial charge in [-0.25, -0.2) is 4.98 Å². The number of carbonyl (C=O) groups is 1. The van der Waals surface area contributed by atoms with Crippen LogP contribution in [0.3, 0.4) is 0 Å². The molecule has 0 saturated carbocycles. The number of benzene rings is 1. The Kier molecular flexibility index (Phi) is 4.18. The van der Waals surface area contributed by atoms with E-state index in [0.717, 1.165) is 28.2 Å². The van der Waals surface area contributed by atoms with Gasteiger partial charge >= 0.3 is 0 Å². The Morgan fingerprint density at radius 2 is 2.04 bits per heavy atom. The van der Waals surface area contributed by atoms with Gasteiger partial charge in [-0.15, -0.1) is 11.3 Å². The third-order valence-electron chi connectivity index (χ3n) is 4.58. The quantitative estimate of drug-likeness (QED) is 0.617. The number of halogens is 1. The number of anilines is 1. The lowest BCUT2D eigenvalue weighted by Gasteiger charge is -2.05. The molecule has 1 aliphatic rings. The van der Waals surface area contributed by atoms with Crippen molar-refractivity contribution in [2.45, 2.75) is 32.1 Å². The number of thiazole rings is 1. The van der Waals surface area contributed by atoms with Gasteiger partial charge in [-0.1, -0.05) is 24.6 Å². The standard InChI is InChI=1S/C18H18BrN3OS/c1-22-13-9-6-5-7-11(13)15(19)16(22)17(23)21-18-20-12-8-3-2-4-10-14(12)24-18/h5-7,9H,2-4,8,10H2,1H3,(H,20,21,23). The van der Waals surface area contributed by atoms with Crippen molar-refractivity contribution in [2.24, 2.45) is 7.05 Å². The Morgan fingerprint density at radius 3 is 2.88 bits per heavy atom. The van der Waals surface area contributed by atoms with Crippen LogP contribution in [-0.2, 0) is 19.9 Å². The van der Waals surface area contributed by atoms with Gasteiger partial charge < -0.3 is 4.57 Å². The summed E-state index contributed by atoms with van der Waals surface area (Å²) in [7, 11) is 1.92. The fraction of sp³-hybridized carbons (Fsp3) is 0.333. The zero-order chi connectivity index (χ0) is 16.7. The molecule has 0 spiro atoms. The minimum Gasteiger partial charge on any atom is -0.339 e. The van der Waals surface area contributed by atoms with Crippen molar-refractivity contribution >= 4 is 49.2 Å². The van der Waals surface area contributed by atoms with Gasteiger partial charge in [0.1, 0.15) is 5.69 Å². The molecular formula is C18H18BrN3OS. The largest absolute Gasteiger partial charge is 0.339 e. The van der Waals surface area contributed by atoms with E-state index in [4.69, 9.17) is 0 Å². The molecule has 0 saturated heterocycles. The molecule has 6 heteroatoms. The molecule has 0 unspecified atom stereocenters. The molecule has 24 heavy (non-hydrogen) atoms. The Hall–Kier alpha value is -1.66. The summed E-state index contributed by atoms with van der Waals surface area (Å²) in [5, 5.41) is 4.75. The summed E-state index contributed by atoms with van der Waals surface area (Å²) in [5.41, 5.74) is 2.83. The van der Waals surface area contributed by atoms with Crippen LogP contribution in [0.5, 0.6) is 0 Å². The lowest BCUT2D eigenvalue weighted by atomic mass is 10.2. The summed E-state index contributed by atoms with van der Waals surface area (Å²) in [6, 6.07) is 7.99. The monoisotopic (exact) mass is 403 g/mol. The second-order valence-corrected chi connectivity index (χ2v) is 8.02. The zero-order valence-corrected chi connectivity index (χ0v) is 15.8. The van der Waals surface area contributed by atoms with Crippen LogP contribution >= 0.6 is 27.3 Å². The van der Waals surface area contributed by atoms with Gasteiger partial charge in [0.05, 0.1) is 10.2 Å². The molecule has 4 nitrogen and oxygen atoms in total. The van der Waals surface area contributed by atoms with Crippen LogP contribution in [0.1, 0.15) is 40.3 Å². The van der Waals surface area contributed by atoms with E-state index in [0.29, 0.717) is 10.8 Å². The number of hydrogen-bond acceptors (Lipinski definition) is 3. The van der Waals surface area contributed by atoms with Crippen LogP contribution in [-0.4, -0.2) is 15.5 Å². The summed E-state index contributed by atoms with van der Waals surface area (Å²) in [4.78, 5) is 18.8. The van der Waals surface area contributed by atoms with E-state index in [1.165, 1.54) is 29.8 Å². The summed E-state index contributed by atoms with van der Waals surface area (Å²) in [6.07, 6.45) is 5.80. The van der Waals surface area contributed by atoms with Crippen LogP contribution in [0.25, 0.3) is 10.9 Å². The molecule has 2 heterocycles. The number of amides is 1. The van der Waals surface area contributed by atoms with E-state index in [9.17, 15) is 4.79 Å². The van der Waals surface area contributed by atoms with E-state index >= 15 is 0 Å². The van der Waals surface area contributed by atoms with E-state index in [1.807, 2.05) is 35.9 Å². The number of carbonyl (C=O) groups excluding carboxylic acids is 1. The minimum absolute atomic E-state index is 0.121. The molecule has 124 valence electrons. The van der Waals surface area contributed by atoms with E-state index < -0.39 is 0 Å². The normalized spacial score (nSPS) is 14.4. The highest BCUT2D eigenvalue weighted by Gasteiger charge is 2.21.